The molecule has 0 unspecified atom stereocenters. The van der Waals surface area contributed by atoms with Crippen LogP contribution in [0.4, 0.5) is 0 Å². The molecular formula is C3H8NRb. The normalized spacial score (nSPS) is 6.00. The van der Waals surface area contributed by atoms with Gasteiger partial charge in [0.1, 0.15) is 0 Å². The largest absolute Gasteiger partial charge is 1.00 e. The topological polar surface area (TPSA) is 12.0 Å². The molecule has 0 aromatic rings. The van der Waals surface area contributed by atoms with Gasteiger partial charge in [0.05, 0.1) is 0 Å². The van der Waals surface area contributed by atoms with Crippen LogP contribution in [0.5, 0.6) is 0 Å². The van der Waals surface area contributed by atoms with Crippen LogP contribution in [0.3, 0.4) is 0 Å². The van der Waals surface area contributed by atoms with Gasteiger partial charge in [0.15, 0.2) is 0 Å². The molecule has 0 fully saturated rings. The number of rotatable bonds is 1. The Hall–Kier alpha value is 1.77. The van der Waals surface area contributed by atoms with Crippen molar-refractivity contribution in [3.05, 3.63) is 6.92 Å². The standard InChI is InChI=1S/C3H8N.Rb/c1-3-4-2;/h4H,1,3H2,2H3;/q-1;+1. The third kappa shape index (κ3) is 10.7. The molecule has 26 valence electrons. The zero-order valence-corrected chi connectivity index (χ0v) is 8.83. The van der Waals surface area contributed by atoms with Crippen LogP contribution in [0.1, 0.15) is 0 Å². The van der Waals surface area contributed by atoms with Crippen molar-refractivity contribution in [1.29, 1.82) is 0 Å². The number of hydrogen-bond donors (Lipinski definition) is 1. The molecule has 0 atom stereocenters. The maximum Gasteiger partial charge on any atom is 1.00 e. The van der Waals surface area contributed by atoms with Gasteiger partial charge in [-0.25, -0.2) is 0 Å². The second kappa shape index (κ2) is 9.23. The minimum Gasteiger partial charge on any atom is -0.349 e. The van der Waals surface area contributed by atoms with Crippen molar-refractivity contribution in [1.82, 2.24) is 5.32 Å². The predicted molar refractivity (Wildman–Crippen MR) is 19.3 cm³/mol. The fraction of sp³-hybridized carbons (Fsp3) is 0.667. The molecule has 1 nitrogen and oxygen atoms in total. The molecule has 0 amide bonds. The van der Waals surface area contributed by atoms with Gasteiger partial charge in [0.25, 0.3) is 0 Å². The van der Waals surface area contributed by atoms with Crippen LogP contribution in [0, 0.1) is 6.92 Å². The molecule has 0 bridgehead atoms. The molecule has 0 aliphatic heterocycles. The Morgan fingerprint density at radius 2 is 2.00 bits per heavy atom. The second-order valence-corrected chi connectivity index (χ2v) is 0.604. The van der Waals surface area contributed by atoms with E-state index in [1.807, 2.05) is 7.05 Å². The van der Waals surface area contributed by atoms with Crippen LogP contribution in [-0.2, 0) is 0 Å². The smallest absolute Gasteiger partial charge is 0.349 e. The average molecular weight is 144 g/mol. The Bertz CT molecular complexity index is 8.85. The molecule has 0 aliphatic carbocycles. The van der Waals surface area contributed by atoms with E-state index in [0.29, 0.717) is 0 Å². The summed E-state index contributed by atoms with van der Waals surface area (Å²) in [5.41, 5.74) is 0. The van der Waals surface area contributed by atoms with Crippen molar-refractivity contribution in [2.45, 2.75) is 0 Å². The minimum atomic E-state index is 0. The summed E-state index contributed by atoms with van der Waals surface area (Å²) < 4.78 is 0. The van der Waals surface area contributed by atoms with Gasteiger partial charge in [0, 0.05) is 0 Å². The van der Waals surface area contributed by atoms with E-state index in [0.717, 1.165) is 6.54 Å². The molecule has 0 saturated heterocycles. The van der Waals surface area contributed by atoms with Gasteiger partial charge in [-0.3, -0.25) is 0 Å². The summed E-state index contributed by atoms with van der Waals surface area (Å²) in [7, 11) is 1.87. The van der Waals surface area contributed by atoms with Gasteiger partial charge in [-0.1, -0.05) is 0 Å². The van der Waals surface area contributed by atoms with E-state index in [1.165, 1.54) is 0 Å². The molecule has 0 spiro atoms. The molecule has 1 N–H and O–H groups in total. The fourth-order valence-corrected chi connectivity index (χ4v) is 0. The van der Waals surface area contributed by atoms with Crippen LogP contribution in [0.2, 0.25) is 0 Å². The number of nitrogens with one attached hydrogen (secondary N) is 1. The first kappa shape index (κ1) is 9.90. The van der Waals surface area contributed by atoms with Gasteiger partial charge < -0.3 is 12.2 Å². The van der Waals surface area contributed by atoms with E-state index in [-0.39, 0.29) is 58.2 Å². The molecule has 5 heavy (non-hydrogen) atoms. The van der Waals surface area contributed by atoms with E-state index in [4.69, 9.17) is 0 Å². The summed E-state index contributed by atoms with van der Waals surface area (Å²) in [6, 6.07) is 0. The zero-order valence-electron chi connectivity index (χ0n) is 3.91. The third-order valence-corrected chi connectivity index (χ3v) is 0.250. The average Bonchev–Trinajstić information content (AvgIpc) is 1.37. The minimum absolute atomic E-state index is 0. The van der Waals surface area contributed by atoms with Crippen molar-refractivity contribution >= 4 is 0 Å². The summed E-state index contributed by atoms with van der Waals surface area (Å²) in [5, 5.41) is 2.82. The molecule has 0 rings (SSSR count). The molecular weight excluding hydrogens is 136 g/mol. The SMILES string of the molecule is [CH2-]CNC.[Rb+]. The maximum absolute atomic E-state index is 3.49. The van der Waals surface area contributed by atoms with Crippen molar-refractivity contribution in [2.24, 2.45) is 0 Å². The van der Waals surface area contributed by atoms with E-state index in [1.54, 1.807) is 0 Å². The van der Waals surface area contributed by atoms with E-state index < -0.39 is 0 Å². The van der Waals surface area contributed by atoms with Crippen LogP contribution in [0.15, 0.2) is 0 Å². The van der Waals surface area contributed by atoms with Crippen LogP contribution in [-0.4, -0.2) is 13.6 Å². The molecule has 0 aromatic carbocycles. The monoisotopic (exact) mass is 143 g/mol. The molecule has 0 radical (unpaired) electrons. The summed E-state index contributed by atoms with van der Waals surface area (Å²) in [6.45, 7) is 4.31. The maximum atomic E-state index is 3.49. The Morgan fingerprint density at radius 3 is 2.00 bits per heavy atom. The second-order valence-electron chi connectivity index (χ2n) is 0.604. The summed E-state index contributed by atoms with van der Waals surface area (Å²) in [4.78, 5) is 0. The predicted octanol–water partition coefficient (Wildman–Crippen LogP) is -2.96. The molecule has 0 aromatic heterocycles. The summed E-state index contributed by atoms with van der Waals surface area (Å²) >= 11 is 0. The van der Waals surface area contributed by atoms with Gasteiger partial charge in [-0.05, 0) is 7.05 Å². The van der Waals surface area contributed by atoms with E-state index in [9.17, 15) is 0 Å². The van der Waals surface area contributed by atoms with Gasteiger partial charge in [-0.2, -0.15) is 0 Å². The van der Waals surface area contributed by atoms with Crippen molar-refractivity contribution in [3.63, 3.8) is 0 Å². The van der Waals surface area contributed by atoms with Gasteiger partial charge >= 0.3 is 58.2 Å². The van der Waals surface area contributed by atoms with Crippen LogP contribution in [0.25, 0.3) is 0 Å². The number of hydrogen-bond acceptors (Lipinski definition) is 1. The Labute approximate surface area is 82.3 Å². The fourth-order valence-electron chi connectivity index (χ4n) is 0. The van der Waals surface area contributed by atoms with Crippen LogP contribution >= 0.6 is 0 Å². The summed E-state index contributed by atoms with van der Waals surface area (Å²) in [6.07, 6.45) is 0. The zero-order chi connectivity index (χ0) is 3.41. The Balaban J connectivity index is 0. The van der Waals surface area contributed by atoms with Gasteiger partial charge in [0.2, 0.25) is 0 Å². The van der Waals surface area contributed by atoms with Crippen molar-refractivity contribution in [3.8, 4) is 0 Å². The molecule has 0 aliphatic rings. The van der Waals surface area contributed by atoms with Gasteiger partial charge in [-0.15, -0.1) is 6.54 Å². The Kier molecular flexibility index (Phi) is 18.3. The molecule has 0 saturated carbocycles. The van der Waals surface area contributed by atoms with Crippen LogP contribution < -0.4 is 63.5 Å². The summed E-state index contributed by atoms with van der Waals surface area (Å²) in [5.74, 6) is 0. The van der Waals surface area contributed by atoms with E-state index in [2.05, 4.69) is 12.2 Å². The van der Waals surface area contributed by atoms with Crippen molar-refractivity contribution in [2.75, 3.05) is 13.6 Å². The quantitative estimate of drug-likeness (QED) is 0.387. The Morgan fingerprint density at radius 1 is 1.80 bits per heavy atom. The molecule has 2 heteroatoms. The first-order valence-electron chi connectivity index (χ1n) is 1.35. The van der Waals surface area contributed by atoms with E-state index >= 15 is 0 Å². The first-order chi connectivity index (χ1) is 1.91. The molecule has 0 heterocycles. The van der Waals surface area contributed by atoms with Crippen molar-refractivity contribution < 1.29 is 58.2 Å². The third-order valence-electron chi connectivity index (χ3n) is 0.250. The first-order valence-corrected chi connectivity index (χ1v) is 1.35.